The largest absolute Gasteiger partial charge is 0.322 e. The number of aldehydes is 1. The maximum atomic E-state index is 13.0. The molecule has 0 amide bonds. The molecule has 1 aliphatic rings. The van der Waals surface area contributed by atoms with E-state index in [1.807, 2.05) is 6.92 Å². The van der Waals surface area contributed by atoms with Gasteiger partial charge in [-0.1, -0.05) is 13.3 Å². The van der Waals surface area contributed by atoms with Gasteiger partial charge in [-0.25, -0.2) is 8.42 Å². The first kappa shape index (κ1) is 16.9. The molecule has 0 aliphatic carbocycles. The van der Waals surface area contributed by atoms with Crippen LogP contribution < -0.4 is 5.56 Å². The Bertz CT molecular complexity index is 933. The molecule has 1 aromatic carbocycles. The Morgan fingerprint density at radius 2 is 2.08 bits per heavy atom. The number of rotatable bonds is 4. The van der Waals surface area contributed by atoms with Gasteiger partial charge < -0.3 is 4.98 Å². The van der Waals surface area contributed by atoms with Crippen molar-refractivity contribution in [2.75, 3.05) is 6.54 Å². The zero-order chi connectivity index (χ0) is 17.3. The molecular weight excluding hydrogens is 328 g/mol. The number of piperidine rings is 1. The number of hydrogen-bond acceptors (Lipinski definition) is 4. The fraction of sp³-hybridized carbons (Fsp3) is 0.412. The Labute approximate surface area is 140 Å². The van der Waals surface area contributed by atoms with Crippen LogP contribution in [0.1, 0.15) is 43.0 Å². The van der Waals surface area contributed by atoms with Gasteiger partial charge in [-0.2, -0.15) is 4.31 Å². The van der Waals surface area contributed by atoms with E-state index in [2.05, 4.69) is 4.98 Å². The average Bonchev–Trinajstić information content (AvgIpc) is 2.60. The number of aromatic amines is 1. The zero-order valence-electron chi connectivity index (χ0n) is 13.5. The summed E-state index contributed by atoms with van der Waals surface area (Å²) < 4.78 is 27.6. The van der Waals surface area contributed by atoms with E-state index in [0.29, 0.717) is 23.7 Å². The Morgan fingerprint density at radius 1 is 1.29 bits per heavy atom. The monoisotopic (exact) mass is 348 g/mol. The molecule has 1 aromatic heterocycles. The first-order valence-electron chi connectivity index (χ1n) is 8.11. The van der Waals surface area contributed by atoms with Gasteiger partial charge in [-0.05, 0) is 37.5 Å². The first-order valence-corrected chi connectivity index (χ1v) is 9.55. The van der Waals surface area contributed by atoms with Crippen molar-refractivity contribution in [3.05, 3.63) is 40.2 Å². The molecule has 0 radical (unpaired) electrons. The average molecular weight is 348 g/mol. The quantitative estimate of drug-likeness (QED) is 0.859. The van der Waals surface area contributed by atoms with E-state index in [1.54, 1.807) is 10.4 Å². The summed E-state index contributed by atoms with van der Waals surface area (Å²) in [5, 5.41) is 0.440. The summed E-state index contributed by atoms with van der Waals surface area (Å²) in [6.45, 7) is 2.51. The molecule has 24 heavy (non-hydrogen) atoms. The molecule has 2 aromatic rings. The van der Waals surface area contributed by atoms with Crippen LogP contribution in [0.4, 0.5) is 0 Å². The highest BCUT2D eigenvalue weighted by molar-refractivity contribution is 7.89. The summed E-state index contributed by atoms with van der Waals surface area (Å²) in [6, 6.07) is 5.71. The minimum absolute atomic E-state index is 0.0144. The Hall–Kier alpha value is -1.99. The number of sulfonamides is 1. The van der Waals surface area contributed by atoms with E-state index in [9.17, 15) is 18.0 Å². The van der Waals surface area contributed by atoms with E-state index in [0.717, 1.165) is 25.7 Å². The van der Waals surface area contributed by atoms with E-state index < -0.39 is 10.0 Å². The van der Waals surface area contributed by atoms with E-state index >= 15 is 0 Å². The number of carbonyl (C=O) groups is 1. The van der Waals surface area contributed by atoms with Crippen molar-refractivity contribution < 1.29 is 13.2 Å². The lowest BCUT2D eigenvalue weighted by molar-refractivity contribution is 0.112. The van der Waals surface area contributed by atoms with Gasteiger partial charge in [0.2, 0.25) is 15.6 Å². The molecule has 7 heteroatoms. The molecule has 2 heterocycles. The van der Waals surface area contributed by atoms with Crippen molar-refractivity contribution in [1.29, 1.82) is 0 Å². The van der Waals surface area contributed by atoms with Gasteiger partial charge >= 0.3 is 0 Å². The number of nitrogens with zero attached hydrogens (tertiary/aromatic N) is 1. The zero-order valence-corrected chi connectivity index (χ0v) is 14.3. The summed E-state index contributed by atoms with van der Waals surface area (Å²) in [4.78, 5) is 25.5. The van der Waals surface area contributed by atoms with Crippen molar-refractivity contribution in [3.8, 4) is 0 Å². The summed E-state index contributed by atoms with van der Waals surface area (Å²) in [7, 11) is -3.62. The molecule has 0 spiro atoms. The van der Waals surface area contributed by atoms with Gasteiger partial charge in [-0.15, -0.1) is 0 Å². The van der Waals surface area contributed by atoms with Gasteiger partial charge in [0.25, 0.3) is 0 Å². The number of aromatic nitrogens is 1. The van der Waals surface area contributed by atoms with Crippen molar-refractivity contribution in [1.82, 2.24) is 9.29 Å². The second kappa shape index (κ2) is 6.49. The minimum atomic E-state index is -3.62. The second-order valence-corrected chi connectivity index (χ2v) is 7.98. The Morgan fingerprint density at radius 3 is 2.79 bits per heavy atom. The van der Waals surface area contributed by atoms with Crippen LogP contribution in [0, 0.1) is 0 Å². The maximum Gasteiger partial charge on any atom is 0.249 e. The third-order valence-electron chi connectivity index (χ3n) is 4.62. The molecule has 3 rings (SSSR count). The summed E-state index contributed by atoms with van der Waals surface area (Å²) in [6.07, 6.45) is 4.12. The highest BCUT2D eigenvalue weighted by Gasteiger charge is 2.32. The number of nitrogens with one attached hydrogen (secondary N) is 1. The van der Waals surface area contributed by atoms with E-state index in [4.69, 9.17) is 0 Å². The molecule has 1 aliphatic heterocycles. The maximum absolute atomic E-state index is 13.0. The third kappa shape index (κ3) is 2.89. The molecule has 1 fully saturated rings. The normalized spacial score (nSPS) is 19.5. The van der Waals surface area contributed by atoms with Gasteiger partial charge in [0.15, 0.2) is 6.29 Å². The first-order chi connectivity index (χ1) is 11.5. The van der Waals surface area contributed by atoms with Crippen molar-refractivity contribution in [2.45, 2.75) is 43.5 Å². The van der Waals surface area contributed by atoms with Crippen LogP contribution in [-0.4, -0.2) is 36.6 Å². The topological polar surface area (TPSA) is 87.3 Å². The lowest BCUT2D eigenvalue weighted by Crippen LogP contribution is -2.43. The Kier molecular flexibility index (Phi) is 4.56. The van der Waals surface area contributed by atoms with Gasteiger partial charge in [-0.3, -0.25) is 9.59 Å². The van der Waals surface area contributed by atoms with E-state index in [-0.39, 0.29) is 22.1 Å². The lowest BCUT2D eigenvalue weighted by atomic mass is 10.0. The number of H-pyrrole nitrogens is 1. The molecular formula is C17H20N2O4S. The summed E-state index contributed by atoms with van der Waals surface area (Å²) >= 11 is 0. The second-order valence-electron chi connectivity index (χ2n) is 6.09. The highest BCUT2D eigenvalue weighted by Crippen LogP contribution is 2.28. The molecule has 0 saturated carbocycles. The highest BCUT2D eigenvalue weighted by atomic mass is 32.2. The fourth-order valence-corrected chi connectivity index (χ4v) is 5.14. The number of benzene rings is 1. The number of carbonyl (C=O) groups excluding carboxylic acids is 1. The number of hydrogen-bond donors (Lipinski definition) is 1. The molecule has 128 valence electrons. The van der Waals surface area contributed by atoms with Crippen LogP contribution in [0.25, 0.3) is 10.9 Å². The fourth-order valence-electron chi connectivity index (χ4n) is 3.35. The predicted octanol–water partition coefficient (Wildman–Crippen LogP) is 2.29. The standard InChI is InChI=1S/C17H20N2O4S/c1-2-13-5-3-4-8-19(13)24(22,23)14-6-7-16-15(10-14)12(11-20)9-17(21)18-16/h6-7,9-11,13H,2-5,8H2,1H3,(H,18,21). The van der Waals surface area contributed by atoms with Crippen molar-refractivity contribution in [2.24, 2.45) is 0 Å². The predicted molar refractivity (Wildman–Crippen MR) is 91.8 cm³/mol. The van der Waals surface area contributed by atoms with Crippen molar-refractivity contribution in [3.63, 3.8) is 0 Å². The number of fused-ring (bicyclic) bond motifs is 1. The van der Waals surface area contributed by atoms with Crippen LogP contribution in [0.15, 0.2) is 34.0 Å². The van der Waals surface area contributed by atoms with Crippen LogP contribution in [-0.2, 0) is 10.0 Å². The van der Waals surface area contributed by atoms with Crippen LogP contribution in [0.2, 0.25) is 0 Å². The molecule has 1 unspecified atom stereocenters. The molecule has 0 bridgehead atoms. The molecule has 1 N–H and O–H groups in total. The summed E-state index contributed by atoms with van der Waals surface area (Å²) in [5.41, 5.74) is 0.257. The van der Waals surface area contributed by atoms with Crippen LogP contribution in [0.3, 0.4) is 0 Å². The smallest absolute Gasteiger partial charge is 0.249 e. The van der Waals surface area contributed by atoms with Gasteiger partial charge in [0, 0.05) is 35.1 Å². The minimum Gasteiger partial charge on any atom is -0.322 e. The van der Waals surface area contributed by atoms with Crippen LogP contribution in [0.5, 0.6) is 0 Å². The number of pyridine rings is 1. The van der Waals surface area contributed by atoms with Gasteiger partial charge in [0.1, 0.15) is 0 Å². The Balaban J connectivity index is 2.12. The lowest BCUT2D eigenvalue weighted by Gasteiger charge is -2.34. The third-order valence-corrected chi connectivity index (χ3v) is 6.57. The van der Waals surface area contributed by atoms with Crippen LogP contribution >= 0.6 is 0 Å². The van der Waals surface area contributed by atoms with Crippen molar-refractivity contribution >= 4 is 27.2 Å². The summed E-state index contributed by atoms with van der Waals surface area (Å²) in [5.74, 6) is 0. The SMILES string of the molecule is CCC1CCCCN1S(=O)(=O)c1ccc2[nH]c(=O)cc(C=O)c2c1. The van der Waals surface area contributed by atoms with E-state index in [1.165, 1.54) is 18.2 Å². The molecule has 1 atom stereocenters. The van der Waals surface area contributed by atoms with Gasteiger partial charge in [0.05, 0.1) is 4.90 Å². The molecule has 1 saturated heterocycles. The molecule has 6 nitrogen and oxygen atoms in total.